The molecule has 0 aliphatic carbocycles. The van der Waals surface area contributed by atoms with E-state index in [9.17, 15) is 4.79 Å². The highest BCUT2D eigenvalue weighted by Crippen LogP contribution is 2.12. The topological polar surface area (TPSA) is 29.5 Å². The molecule has 0 aromatic heterocycles. The third-order valence-electron chi connectivity index (χ3n) is 4.81. The minimum Gasteiger partial charge on any atom is -1.00 e. The van der Waals surface area contributed by atoms with Crippen molar-refractivity contribution < 1.29 is 26.5 Å². The summed E-state index contributed by atoms with van der Waals surface area (Å²) in [6.45, 7) is 11.5. The van der Waals surface area contributed by atoms with Crippen LogP contribution in [-0.2, 0) is 9.53 Å². The van der Waals surface area contributed by atoms with E-state index in [0.717, 1.165) is 0 Å². The first kappa shape index (κ1) is 32.3. The zero-order valence-corrected chi connectivity index (χ0v) is 21.4. The van der Waals surface area contributed by atoms with E-state index in [4.69, 9.17) is 4.74 Å². The smallest absolute Gasteiger partial charge is 0.334 e. The fraction of sp³-hybridized carbons (Fsp3) is 0.875. The number of unbranched alkanes of at least 4 members (excludes halogenated alkanes) is 13. The van der Waals surface area contributed by atoms with Gasteiger partial charge in [-0.05, 0) is 27.9 Å². The predicted octanol–water partition coefficient (Wildman–Crippen LogP) is 4.50. The Morgan fingerprint density at radius 3 is 1.29 bits per heavy atom. The van der Waals surface area contributed by atoms with Gasteiger partial charge in [0.05, 0.1) is 0 Å². The number of hydrogen-bond donors (Lipinski definition) is 0. The van der Waals surface area contributed by atoms with Crippen LogP contribution in [0, 0.1) is 0 Å². The van der Waals surface area contributed by atoms with Gasteiger partial charge in [-0.3, -0.25) is 4.90 Å². The molecule has 0 saturated heterocycles. The van der Waals surface area contributed by atoms with E-state index >= 15 is 0 Å². The van der Waals surface area contributed by atoms with Crippen LogP contribution in [0.25, 0.3) is 0 Å². The zero-order valence-electron chi connectivity index (χ0n) is 19.8. The van der Waals surface area contributed by atoms with Crippen LogP contribution in [0.2, 0.25) is 0 Å². The molecule has 1 unspecified atom stereocenters. The third-order valence-corrected chi connectivity index (χ3v) is 4.81. The lowest BCUT2D eigenvalue weighted by Gasteiger charge is -2.19. The van der Waals surface area contributed by atoms with Crippen LogP contribution in [0.15, 0.2) is 12.2 Å². The van der Waals surface area contributed by atoms with Gasteiger partial charge in [-0.25, -0.2) is 4.79 Å². The first-order valence-corrected chi connectivity index (χ1v) is 11.4. The molecular weight excluding hydrogens is 414 g/mol. The third kappa shape index (κ3) is 25.6. The van der Waals surface area contributed by atoms with E-state index < -0.39 is 0 Å². The van der Waals surface area contributed by atoms with Crippen molar-refractivity contribution in [2.24, 2.45) is 0 Å². The Kier molecular flexibility index (Phi) is 28.5. The van der Waals surface area contributed by atoms with E-state index in [-0.39, 0.29) is 29.2 Å². The first-order chi connectivity index (χ1) is 12.9. The lowest BCUT2D eigenvalue weighted by atomic mass is 10.0. The number of halogens is 1. The minimum absolute atomic E-state index is 0. The number of ether oxygens (including phenoxy) is 1. The van der Waals surface area contributed by atoms with Crippen molar-refractivity contribution >= 4 is 5.97 Å². The Balaban J connectivity index is -0.000000460. The molecule has 0 aromatic rings. The number of carbonyl (C=O) groups excluding carboxylic acids is 1. The lowest BCUT2D eigenvalue weighted by molar-refractivity contribution is -0.150. The Labute approximate surface area is 187 Å². The summed E-state index contributed by atoms with van der Waals surface area (Å²) < 4.78 is 4.96. The van der Waals surface area contributed by atoms with E-state index in [1.807, 2.05) is 14.1 Å². The molecule has 4 heteroatoms. The monoisotopic (exact) mass is 462 g/mol. The van der Waals surface area contributed by atoms with Gasteiger partial charge in [0.25, 0.3) is 0 Å². The van der Waals surface area contributed by atoms with Gasteiger partial charge in [0.1, 0.15) is 0 Å². The van der Waals surface area contributed by atoms with Crippen LogP contribution < -0.4 is 17.0 Å². The lowest BCUT2D eigenvalue weighted by Crippen LogP contribution is -3.00. The van der Waals surface area contributed by atoms with Crippen molar-refractivity contribution in [2.45, 2.75) is 124 Å². The molecular formula is C24H49BrNO2-. The molecule has 28 heavy (non-hydrogen) atoms. The quantitative estimate of drug-likeness (QED) is 0.146. The second-order valence-electron chi connectivity index (χ2n) is 7.99. The highest BCUT2D eigenvalue weighted by molar-refractivity contribution is 5.87. The molecule has 0 aliphatic rings. The average Bonchev–Trinajstić information content (AvgIpc) is 2.63. The maximum atomic E-state index is 10.9. The summed E-state index contributed by atoms with van der Waals surface area (Å²) in [5.74, 6) is -0.341. The largest absolute Gasteiger partial charge is 1.00 e. The number of nitrogens with zero attached hydrogens (tertiary/aromatic N) is 1. The molecule has 170 valence electrons. The van der Waals surface area contributed by atoms with Gasteiger partial charge in [-0.2, -0.15) is 0 Å². The van der Waals surface area contributed by atoms with Crippen molar-refractivity contribution in [1.29, 1.82) is 0 Å². The Morgan fingerprint density at radius 1 is 0.786 bits per heavy atom. The summed E-state index contributed by atoms with van der Waals surface area (Å²) >= 11 is 0. The summed E-state index contributed by atoms with van der Waals surface area (Å²) in [6, 6.07) is 0. The maximum Gasteiger partial charge on any atom is 0.334 e. The van der Waals surface area contributed by atoms with Gasteiger partial charge in [0.2, 0.25) is 0 Å². The van der Waals surface area contributed by atoms with Crippen LogP contribution in [0.5, 0.6) is 0 Å². The minimum atomic E-state index is -0.341. The molecule has 0 heterocycles. The standard InChI is InChI=1S/C16H34.C8H15NO2.BrH/c1-3-5-7-9-11-13-15-16-14-12-10-8-6-4-2;1-6(2)8(10)11-7(3)9(4)5;/h3-16H2,1-2H3;7H,1H2,2-5H3;1H/p-1. The molecule has 0 amide bonds. The van der Waals surface area contributed by atoms with E-state index in [0.29, 0.717) is 5.57 Å². The van der Waals surface area contributed by atoms with Crippen molar-refractivity contribution in [3.63, 3.8) is 0 Å². The van der Waals surface area contributed by atoms with Crippen molar-refractivity contribution in [3.05, 3.63) is 12.2 Å². The Morgan fingerprint density at radius 2 is 1.07 bits per heavy atom. The van der Waals surface area contributed by atoms with Gasteiger partial charge < -0.3 is 21.7 Å². The zero-order chi connectivity index (χ0) is 20.9. The van der Waals surface area contributed by atoms with E-state index in [1.54, 1.807) is 18.7 Å². The molecule has 1 atom stereocenters. The van der Waals surface area contributed by atoms with Crippen LogP contribution in [-0.4, -0.2) is 31.2 Å². The molecule has 0 aliphatic heterocycles. The van der Waals surface area contributed by atoms with Gasteiger partial charge >= 0.3 is 5.97 Å². The predicted molar refractivity (Wildman–Crippen MR) is 120 cm³/mol. The molecule has 0 saturated carbocycles. The summed E-state index contributed by atoms with van der Waals surface area (Å²) in [5.41, 5.74) is 0.429. The fourth-order valence-corrected chi connectivity index (χ4v) is 2.63. The van der Waals surface area contributed by atoms with Gasteiger partial charge in [0.15, 0.2) is 6.23 Å². The summed E-state index contributed by atoms with van der Waals surface area (Å²) in [5, 5.41) is 0. The number of esters is 1. The molecule has 0 fully saturated rings. The molecule has 0 radical (unpaired) electrons. The SMILES string of the molecule is C=C(C)C(=O)OC(C)N(C)C.CCCCCCCCCCCCCCCC.[Br-]. The van der Waals surface area contributed by atoms with Crippen molar-refractivity contribution in [3.8, 4) is 0 Å². The van der Waals surface area contributed by atoms with Gasteiger partial charge in [-0.1, -0.05) is 110 Å². The number of carbonyl (C=O) groups is 1. The summed E-state index contributed by atoms with van der Waals surface area (Å²) in [7, 11) is 3.69. The normalized spacial score (nSPS) is 11.2. The van der Waals surface area contributed by atoms with Gasteiger partial charge in [-0.15, -0.1) is 0 Å². The number of rotatable bonds is 16. The Hall–Kier alpha value is -0.350. The molecule has 0 bridgehead atoms. The molecule has 0 rings (SSSR count). The second-order valence-corrected chi connectivity index (χ2v) is 7.99. The molecule has 3 nitrogen and oxygen atoms in total. The van der Waals surface area contributed by atoms with Crippen LogP contribution >= 0.6 is 0 Å². The first-order valence-electron chi connectivity index (χ1n) is 11.4. The molecule has 0 spiro atoms. The second kappa shape index (κ2) is 24.7. The summed E-state index contributed by atoms with van der Waals surface area (Å²) in [6.07, 6.45) is 20.2. The maximum absolute atomic E-state index is 10.9. The van der Waals surface area contributed by atoms with Crippen molar-refractivity contribution in [2.75, 3.05) is 14.1 Å². The van der Waals surface area contributed by atoms with Crippen LogP contribution in [0.3, 0.4) is 0 Å². The van der Waals surface area contributed by atoms with Crippen LogP contribution in [0.1, 0.15) is 118 Å². The number of hydrogen-bond acceptors (Lipinski definition) is 3. The fourth-order valence-electron chi connectivity index (χ4n) is 2.63. The average molecular weight is 464 g/mol. The highest BCUT2D eigenvalue weighted by Gasteiger charge is 2.10. The van der Waals surface area contributed by atoms with Crippen LogP contribution in [0.4, 0.5) is 0 Å². The van der Waals surface area contributed by atoms with Crippen molar-refractivity contribution in [1.82, 2.24) is 4.90 Å². The van der Waals surface area contributed by atoms with Gasteiger partial charge in [0, 0.05) is 5.57 Å². The molecule has 0 N–H and O–H groups in total. The molecule has 0 aromatic carbocycles. The van der Waals surface area contributed by atoms with E-state index in [2.05, 4.69) is 20.4 Å². The highest BCUT2D eigenvalue weighted by atomic mass is 79.9. The Bertz CT molecular complexity index is 331. The summed E-state index contributed by atoms with van der Waals surface area (Å²) in [4.78, 5) is 12.7. The van der Waals surface area contributed by atoms with E-state index in [1.165, 1.54) is 89.9 Å².